The van der Waals surface area contributed by atoms with E-state index in [1.54, 1.807) is 14.0 Å². The first-order valence-corrected chi connectivity index (χ1v) is 6.49. The first kappa shape index (κ1) is 13.7. The highest BCUT2D eigenvalue weighted by Crippen LogP contribution is 2.14. The Bertz CT molecular complexity index is 507. The molecule has 1 rings (SSSR count). The second-order valence-corrected chi connectivity index (χ2v) is 5.93. The van der Waals surface area contributed by atoms with Crippen molar-refractivity contribution in [2.45, 2.75) is 11.9 Å². The number of nitrogens with zero attached hydrogens (tertiary/aromatic N) is 3. The van der Waals surface area contributed by atoms with Crippen LogP contribution in [0.3, 0.4) is 0 Å². The van der Waals surface area contributed by atoms with E-state index < -0.39 is 10.0 Å². The molecule has 0 aliphatic rings. The molecule has 0 radical (unpaired) electrons. The first-order chi connectivity index (χ1) is 7.76. The van der Waals surface area contributed by atoms with Crippen molar-refractivity contribution in [2.75, 3.05) is 13.6 Å². The first-order valence-electron chi connectivity index (χ1n) is 5.05. The standard InChI is InChI=1S/C9H17N5O2S/c1-7(9(10)11)6-13(2)17(15,16)8-4-5-12-14(8)3/h4-5,7H,6H2,1-3H3,(H3,10,11). The molecule has 1 aromatic heterocycles. The van der Waals surface area contributed by atoms with Gasteiger partial charge in [-0.25, -0.2) is 8.42 Å². The van der Waals surface area contributed by atoms with Crippen LogP contribution in [-0.2, 0) is 17.1 Å². The lowest BCUT2D eigenvalue weighted by Crippen LogP contribution is -2.36. The van der Waals surface area contributed by atoms with E-state index in [9.17, 15) is 8.42 Å². The number of aromatic nitrogens is 2. The maximum Gasteiger partial charge on any atom is 0.259 e. The van der Waals surface area contributed by atoms with Gasteiger partial charge < -0.3 is 5.73 Å². The lowest BCUT2D eigenvalue weighted by Gasteiger charge is -2.20. The third-order valence-corrected chi connectivity index (χ3v) is 4.41. The van der Waals surface area contributed by atoms with Crippen LogP contribution < -0.4 is 5.73 Å². The van der Waals surface area contributed by atoms with Gasteiger partial charge in [0.1, 0.15) is 0 Å². The van der Waals surface area contributed by atoms with Crippen molar-refractivity contribution in [2.24, 2.45) is 18.7 Å². The lowest BCUT2D eigenvalue weighted by atomic mass is 10.2. The molecule has 96 valence electrons. The largest absolute Gasteiger partial charge is 0.387 e. The minimum Gasteiger partial charge on any atom is -0.387 e. The van der Waals surface area contributed by atoms with E-state index in [0.29, 0.717) is 0 Å². The molecule has 0 fully saturated rings. The average Bonchev–Trinajstić information content (AvgIpc) is 2.64. The van der Waals surface area contributed by atoms with Crippen LogP contribution in [0.4, 0.5) is 0 Å². The van der Waals surface area contributed by atoms with Crippen molar-refractivity contribution in [3.63, 3.8) is 0 Å². The summed E-state index contributed by atoms with van der Waals surface area (Å²) in [7, 11) is -0.549. The Labute approximate surface area is 101 Å². The Balaban J connectivity index is 2.93. The molecule has 0 aliphatic carbocycles. The predicted molar refractivity (Wildman–Crippen MR) is 64.1 cm³/mol. The Morgan fingerprint density at radius 2 is 2.29 bits per heavy atom. The zero-order valence-corrected chi connectivity index (χ0v) is 10.9. The highest BCUT2D eigenvalue weighted by Gasteiger charge is 2.25. The Kier molecular flexibility index (Phi) is 3.89. The van der Waals surface area contributed by atoms with Crippen molar-refractivity contribution in [1.29, 1.82) is 5.41 Å². The molecule has 7 nitrogen and oxygen atoms in total. The molecule has 8 heteroatoms. The summed E-state index contributed by atoms with van der Waals surface area (Å²) in [5.41, 5.74) is 5.32. The summed E-state index contributed by atoms with van der Waals surface area (Å²) in [6, 6.07) is 1.43. The van der Waals surface area contributed by atoms with Crippen molar-refractivity contribution in [3.05, 3.63) is 12.3 Å². The molecule has 1 unspecified atom stereocenters. The number of nitrogens with one attached hydrogen (secondary N) is 1. The number of rotatable bonds is 5. The van der Waals surface area contributed by atoms with Gasteiger partial charge in [0, 0.05) is 26.6 Å². The van der Waals surface area contributed by atoms with Gasteiger partial charge in [0.15, 0.2) is 5.03 Å². The van der Waals surface area contributed by atoms with Gasteiger partial charge in [0.2, 0.25) is 0 Å². The number of aryl methyl sites for hydroxylation is 1. The molecule has 0 amide bonds. The van der Waals surface area contributed by atoms with Crippen LogP contribution in [0.25, 0.3) is 0 Å². The van der Waals surface area contributed by atoms with Crippen LogP contribution in [0, 0.1) is 11.3 Å². The summed E-state index contributed by atoms with van der Waals surface area (Å²) in [6.45, 7) is 1.88. The maximum absolute atomic E-state index is 12.1. The third kappa shape index (κ3) is 2.83. The van der Waals surface area contributed by atoms with Gasteiger partial charge in [-0.1, -0.05) is 6.92 Å². The van der Waals surface area contributed by atoms with E-state index in [0.717, 1.165) is 0 Å². The van der Waals surface area contributed by atoms with Gasteiger partial charge in [0.05, 0.1) is 12.0 Å². The van der Waals surface area contributed by atoms with Gasteiger partial charge >= 0.3 is 0 Å². The molecular weight excluding hydrogens is 242 g/mol. The van der Waals surface area contributed by atoms with Crippen LogP contribution in [0.2, 0.25) is 0 Å². The smallest absolute Gasteiger partial charge is 0.259 e. The van der Waals surface area contributed by atoms with E-state index in [1.165, 1.54) is 28.3 Å². The fourth-order valence-corrected chi connectivity index (χ4v) is 2.71. The molecule has 1 heterocycles. The zero-order valence-electron chi connectivity index (χ0n) is 10.1. The fraction of sp³-hybridized carbons (Fsp3) is 0.556. The number of sulfonamides is 1. The second-order valence-electron chi connectivity index (χ2n) is 3.93. The van der Waals surface area contributed by atoms with Crippen LogP contribution in [0.15, 0.2) is 17.3 Å². The van der Waals surface area contributed by atoms with Crippen LogP contribution in [0.5, 0.6) is 0 Å². The number of hydrogen-bond donors (Lipinski definition) is 2. The predicted octanol–water partition coefficient (Wildman–Crippen LogP) is -0.387. The molecule has 0 bridgehead atoms. The molecule has 0 aromatic carbocycles. The molecule has 17 heavy (non-hydrogen) atoms. The van der Waals surface area contributed by atoms with E-state index in [-0.39, 0.29) is 23.3 Å². The zero-order chi connectivity index (χ0) is 13.2. The summed E-state index contributed by atoms with van der Waals surface area (Å²) < 4.78 is 26.7. The van der Waals surface area contributed by atoms with Gasteiger partial charge in [-0.05, 0) is 6.07 Å². The maximum atomic E-state index is 12.1. The molecule has 3 N–H and O–H groups in total. The summed E-state index contributed by atoms with van der Waals surface area (Å²) in [4.78, 5) is 0. The van der Waals surface area contributed by atoms with Crippen LogP contribution in [0.1, 0.15) is 6.92 Å². The van der Waals surface area contributed by atoms with Gasteiger partial charge in [-0.15, -0.1) is 0 Å². The highest BCUT2D eigenvalue weighted by atomic mass is 32.2. The minimum absolute atomic E-state index is 0.0305. The number of hydrogen-bond acceptors (Lipinski definition) is 4. The van der Waals surface area contributed by atoms with Crippen LogP contribution in [-0.4, -0.2) is 41.9 Å². The summed E-state index contributed by atoms with van der Waals surface area (Å²) >= 11 is 0. The SMILES string of the molecule is CC(CN(C)S(=O)(=O)c1ccnn1C)C(=N)N. The van der Waals surface area contributed by atoms with E-state index in [1.807, 2.05) is 0 Å². The Hall–Kier alpha value is -1.41. The molecule has 1 atom stereocenters. The van der Waals surface area contributed by atoms with E-state index >= 15 is 0 Å². The van der Waals surface area contributed by atoms with E-state index in [4.69, 9.17) is 11.1 Å². The molecule has 0 spiro atoms. The summed E-state index contributed by atoms with van der Waals surface area (Å²) in [5, 5.41) is 11.2. The molecule has 0 saturated heterocycles. The fourth-order valence-electron chi connectivity index (χ4n) is 1.36. The quantitative estimate of drug-likeness (QED) is 0.555. The van der Waals surface area contributed by atoms with Crippen molar-refractivity contribution < 1.29 is 8.42 Å². The number of nitrogens with two attached hydrogens (primary N) is 1. The third-order valence-electron chi connectivity index (χ3n) is 2.51. The van der Waals surface area contributed by atoms with Crippen molar-refractivity contribution in [1.82, 2.24) is 14.1 Å². The molecule has 0 saturated carbocycles. The Morgan fingerprint density at radius 1 is 1.71 bits per heavy atom. The Morgan fingerprint density at radius 3 is 2.71 bits per heavy atom. The monoisotopic (exact) mass is 259 g/mol. The van der Waals surface area contributed by atoms with Gasteiger partial charge in [-0.3, -0.25) is 10.1 Å². The summed E-state index contributed by atoms with van der Waals surface area (Å²) in [5.74, 6) is -0.347. The van der Waals surface area contributed by atoms with Gasteiger partial charge in [-0.2, -0.15) is 9.40 Å². The lowest BCUT2D eigenvalue weighted by molar-refractivity contribution is 0.436. The molecule has 0 aliphatic heterocycles. The topological polar surface area (TPSA) is 105 Å². The van der Waals surface area contributed by atoms with Gasteiger partial charge in [0.25, 0.3) is 10.0 Å². The van der Waals surface area contributed by atoms with Crippen LogP contribution >= 0.6 is 0 Å². The minimum atomic E-state index is -3.57. The number of amidine groups is 1. The molecular formula is C9H17N5O2S. The summed E-state index contributed by atoms with van der Waals surface area (Å²) in [6.07, 6.45) is 1.43. The normalized spacial score (nSPS) is 13.9. The molecule has 1 aromatic rings. The van der Waals surface area contributed by atoms with E-state index in [2.05, 4.69) is 5.10 Å². The van der Waals surface area contributed by atoms with Crippen molar-refractivity contribution in [3.8, 4) is 0 Å². The average molecular weight is 259 g/mol. The highest BCUT2D eigenvalue weighted by molar-refractivity contribution is 7.89. The second kappa shape index (κ2) is 4.84. The van der Waals surface area contributed by atoms with Crippen molar-refractivity contribution >= 4 is 15.9 Å².